The van der Waals surface area contributed by atoms with Crippen LogP contribution in [0, 0.1) is 0 Å². The quantitative estimate of drug-likeness (QED) is 0.802. The van der Waals surface area contributed by atoms with E-state index >= 15 is 0 Å². The predicted molar refractivity (Wildman–Crippen MR) is 70.3 cm³/mol. The van der Waals surface area contributed by atoms with Gasteiger partial charge in [0, 0.05) is 13.3 Å². The van der Waals surface area contributed by atoms with Crippen molar-refractivity contribution in [3.63, 3.8) is 0 Å². The summed E-state index contributed by atoms with van der Waals surface area (Å²) < 4.78 is 7.47. The summed E-state index contributed by atoms with van der Waals surface area (Å²) in [5.74, 6) is 0. The number of rotatable bonds is 4. The molecule has 0 radical (unpaired) electrons. The van der Waals surface area contributed by atoms with Gasteiger partial charge in [0.1, 0.15) is 0 Å². The molecule has 1 aliphatic rings. The number of ether oxygens (including phenoxy) is 1. The maximum absolute atomic E-state index is 5.45. The zero-order chi connectivity index (χ0) is 12.3. The molecule has 1 fully saturated rings. The third-order valence-electron chi connectivity index (χ3n) is 3.51. The molecule has 4 nitrogen and oxygen atoms in total. The number of methoxy groups -OCH3 is 1. The number of halogens is 1. The molecule has 0 amide bonds. The van der Waals surface area contributed by atoms with Gasteiger partial charge in [0.15, 0.2) is 0 Å². The Morgan fingerprint density at radius 3 is 3.12 bits per heavy atom. The lowest BCUT2D eigenvalue weighted by Gasteiger charge is -2.27. The van der Waals surface area contributed by atoms with E-state index < -0.39 is 0 Å². The van der Waals surface area contributed by atoms with E-state index in [-0.39, 0.29) is 0 Å². The maximum Gasteiger partial charge on any atom is 0.0963 e. The molecule has 0 aromatic carbocycles. The van der Waals surface area contributed by atoms with Crippen molar-refractivity contribution in [3.8, 4) is 0 Å². The Morgan fingerprint density at radius 1 is 1.59 bits per heavy atom. The standard InChI is InChI=1S/C12H20BrN3O/c1-3-11(13)12-8-16(15-14-12)9-5-4-6-10(7-9)17-2/h8-11H,3-7H2,1-2H3. The molecule has 0 spiro atoms. The number of hydrogen-bond donors (Lipinski definition) is 0. The monoisotopic (exact) mass is 301 g/mol. The molecule has 17 heavy (non-hydrogen) atoms. The lowest BCUT2D eigenvalue weighted by Crippen LogP contribution is -2.24. The third kappa shape index (κ3) is 3.07. The minimum Gasteiger partial charge on any atom is -0.381 e. The molecule has 96 valence electrons. The van der Waals surface area contributed by atoms with Crippen LogP contribution in [0.5, 0.6) is 0 Å². The average Bonchev–Trinajstić information content (AvgIpc) is 2.87. The van der Waals surface area contributed by atoms with Gasteiger partial charge in [0.2, 0.25) is 0 Å². The molecule has 3 atom stereocenters. The molecular weight excluding hydrogens is 282 g/mol. The van der Waals surface area contributed by atoms with Gasteiger partial charge in [-0.15, -0.1) is 5.10 Å². The molecule has 3 unspecified atom stereocenters. The van der Waals surface area contributed by atoms with Gasteiger partial charge in [0.05, 0.1) is 22.7 Å². The van der Waals surface area contributed by atoms with Gasteiger partial charge in [-0.05, 0) is 32.1 Å². The van der Waals surface area contributed by atoms with E-state index in [9.17, 15) is 0 Å². The summed E-state index contributed by atoms with van der Waals surface area (Å²) in [6.45, 7) is 2.14. The molecule has 1 aromatic rings. The van der Waals surface area contributed by atoms with Crippen molar-refractivity contribution in [2.24, 2.45) is 0 Å². The lowest BCUT2D eigenvalue weighted by molar-refractivity contribution is 0.0504. The van der Waals surface area contributed by atoms with E-state index in [0.29, 0.717) is 17.0 Å². The summed E-state index contributed by atoms with van der Waals surface area (Å²) in [4.78, 5) is 0.318. The Hall–Kier alpha value is -0.420. The SMILES string of the molecule is CCC(Br)c1cn(C2CCCC(OC)C2)nn1. The fourth-order valence-corrected chi connectivity index (χ4v) is 2.61. The van der Waals surface area contributed by atoms with Crippen molar-refractivity contribution >= 4 is 15.9 Å². The van der Waals surface area contributed by atoms with Crippen molar-refractivity contribution < 1.29 is 4.74 Å². The maximum atomic E-state index is 5.45. The van der Waals surface area contributed by atoms with Crippen molar-refractivity contribution in [2.75, 3.05) is 7.11 Å². The second-order valence-corrected chi connectivity index (χ2v) is 5.78. The molecule has 0 saturated heterocycles. The second kappa shape index (κ2) is 5.96. The normalized spacial score (nSPS) is 27.0. The Bertz CT molecular complexity index is 355. The van der Waals surface area contributed by atoms with Crippen molar-refractivity contribution in [1.82, 2.24) is 15.0 Å². The lowest BCUT2D eigenvalue weighted by atomic mass is 9.93. The van der Waals surface area contributed by atoms with Crippen LogP contribution in [0.1, 0.15) is 55.6 Å². The number of hydrogen-bond acceptors (Lipinski definition) is 3. The van der Waals surface area contributed by atoms with E-state index in [0.717, 1.165) is 18.5 Å². The van der Waals surface area contributed by atoms with Gasteiger partial charge < -0.3 is 4.74 Å². The first kappa shape index (κ1) is 13.0. The van der Waals surface area contributed by atoms with Crippen molar-refractivity contribution in [2.45, 2.75) is 56.0 Å². The van der Waals surface area contributed by atoms with Crippen LogP contribution in [0.25, 0.3) is 0 Å². The highest BCUT2D eigenvalue weighted by Gasteiger charge is 2.24. The summed E-state index contributed by atoms with van der Waals surface area (Å²) in [6.07, 6.45) is 8.11. The summed E-state index contributed by atoms with van der Waals surface area (Å²) in [6, 6.07) is 0.450. The molecule has 0 bridgehead atoms. The first-order chi connectivity index (χ1) is 8.24. The number of alkyl halides is 1. The first-order valence-corrected chi connectivity index (χ1v) is 7.24. The summed E-state index contributed by atoms with van der Waals surface area (Å²) in [5.41, 5.74) is 1.03. The van der Waals surface area contributed by atoms with Crippen LogP contribution in [-0.4, -0.2) is 28.2 Å². The van der Waals surface area contributed by atoms with Gasteiger partial charge in [-0.1, -0.05) is 28.1 Å². The Balaban J connectivity index is 2.04. The van der Waals surface area contributed by atoms with Gasteiger partial charge in [-0.2, -0.15) is 0 Å². The molecule has 1 aromatic heterocycles. The first-order valence-electron chi connectivity index (χ1n) is 6.33. The van der Waals surface area contributed by atoms with Gasteiger partial charge in [-0.3, -0.25) is 0 Å². The number of aromatic nitrogens is 3. The molecule has 1 saturated carbocycles. The van der Waals surface area contributed by atoms with Crippen LogP contribution in [0.4, 0.5) is 0 Å². The highest BCUT2D eigenvalue weighted by atomic mass is 79.9. The molecule has 2 rings (SSSR count). The topological polar surface area (TPSA) is 39.9 Å². The van der Waals surface area contributed by atoms with Gasteiger partial charge in [0.25, 0.3) is 0 Å². The van der Waals surface area contributed by atoms with Crippen LogP contribution in [-0.2, 0) is 4.74 Å². The summed E-state index contributed by atoms with van der Waals surface area (Å²) >= 11 is 3.61. The van der Waals surface area contributed by atoms with E-state index in [1.54, 1.807) is 7.11 Å². The van der Waals surface area contributed by atoms with Gasteiger partial charge >= 0.3 is 0 Å². The summed E-state index contributed by atoms with van der Waals surface area (Å²) in [5, 5.41) is 8.50. The highest BCUT2D eigenvalue weighted by Crippen LogP contribution is 2.31. The Labute approximate surface area is 111 Å². The number of nitrogens with zero attached hydrogens (tertiary/aromatic N) is 3. The van der Waals surface area contributed by atoms with E-state index in [1.807, 2.05) is 4.68 Å². The Morgan fingerprint density at radius 2 is 2.41 bits per heavy atom. The van der Waals surface area contributed by atoms with Crippen LogP contribution in [0.3, 0.4) is 0 Å². The molecule has 1 aliphatic carbocycles. The Kier molecular flexibility index (Phi) is 4.56. The van der Waals surface area contributed by atoms with E-state index in [4.69, 9.17) is 4.74 Å². The largest absolute Gasteiger partial charge is 0.381 e. The van der Waals surface area contributed by atoms with Crippen LogP contribution in [0.15, 0.2) is 6.20 Å². The average molecular weight is 302 g/mol. The second-order valence-electron chi connectivity index (χ2n) is 4.68. The van der Waals surface area contributed by atoms with Crippen LogP contribution in [0.2, 0.25) is 0 Å². The van der Waals surface area contributed by atoms with Gasteiger partial charge in [-0.25, -0.2) is 4.68 Å². The fourth-order valence-electron chi connectivity index (χ4n) is 2.40. The van der Waals surface area contributed by atoms with E-state index in [1.165, 1.54) is 19.3 Å². The third-order valence-corrected chi connectivity index (χ3v) is 4.63. The molecule has 0 aliphatic heterocycles. The van der Waals surface area contributed by atoms with Crippen molar-refractivity contribution in [1.29, 1.82) is 0 Å². The zero-order valence-electron chi connectivity index (χ0n) is 10.5. The summed E-state index contributed by atoms with van der Waals surface area (Å²) in [7, 11) is 1.80. The fraction of sp³-hybridized carbons (Fsp3) is 0.833. The minimum absolute atomic E-state index is 0.318. The zero-order valence-corrected chi connectivity index (χ0v) is 12.1. The minimum atomic E-state index is 0.318. The highest BCUT2D eigenvalue weighted by molar-refractivity contribution is 9.09. The predicted octanol–water partition coefficient (Wildman–Crippen LogP) is 3.25. The van der Waals surface area contributed by atoms with Crippen molar-refractivity contribution in [3.05, 3.63) is 11.9 Å². The molecule has 1 heterocycles. The smallest absolute Gasteiger partial charge is 0.0963 e. The van der Waals surface area contributed by atoms with E-state index in [2.05, 4.69) is 39.4 Å². The molecule has 0 N–H and O–H groups in total. The van der Waals surface area contributed by atoms with Crippen LogP contribution < -0.4 is 0 Å². The molecule has 5 heteroatoms. The molecular formula is C12H20BrN3O. The van der Waals surface area contributed by atoms with Crippen LogP contribution >= 0.6 is 15.9 Å².